The molecule has 3 aromatic rings. The fourth-order valence-electron chi connectivity index (χ4n) is 2.17. The maximum Gasteiger partial charge on any atom is 0.405 e. The van der Waals surface area contributed by atoms with Gasteiger partial charge in [0.05, 0.1) is 23.3 Å². The van der Waals surface area contributed by atoms with Crippen LogP contribution in [0, 0.1) is 0 Å². The smallest absolute Gasteiger partial charge is 0.405 e. The van der Waals surface area contributed by atoms with Crippen LogP contribution in [0.1, 0.15) is 5.69 Å². The summed E-state index contributed by atoms with van der Waals surface area (Å²) in [6, 6.07) is 8.50. The first-order valence-corrected chi connectivity index (χ1v) is 8.19. The van der Waals surface area contributed by atoms with Gasteiger partial charge in [-0.2, -0.15) is 13.5 Å². The van der Waals surface area contributed by atoms with Crippen LogP contribution in [0.2, 0.25) is 5.02 Å². The van der Waals surface area contributed by atoms with Gasteiger partial charge in [-0.05, 0) is 18.2 Å². The molecule has 0 atom stereocenters. The molecule has 3 rings (SSSR count). The predicted molar refractivity (Wildman–Crippen MR) is 87.7 cm³/mol. The van der Waals surface area contributed by atoms with Gasteiger partial charge in [-0.25, -0.2) is 4.98 Å². The summed E-state index contributed by atoms with van der Waals surface area (Å²) in [5, 5.41) is 0.723. The van der Waals surface area contributed by atoms with Gasteiger partial charge in [-0.3, -0.25) is 4.98 Å². The summed E-state index contributed by atoms with van der Waals surface area (Å²) < 4.78 is 31.7. The van der Waals surface area contributed by atoms with E-state index >= 15 is 0 Å². The number of pyridine rings is 1. The second-order valence-electron chi connectivity index (χ2n) is 4.60. The summed E-state index contributed by atoms with van der Waals surface area (Å²) in [6.45, 7) is -2.96. The Morgan fingerprint density at radius 2 is 2.08 bits per heavy atom. The van der Waals surface area contributed by atoms with Crippen molar-refractivity contribution in [2.24, 2.45) is 0 Å². The minimum Gasteiger partial charge on any atom is -0.493 e. The number of halogens is 3. The van der Waals surface area contributed by atoms with Gasteiger partial charge in [0.2, 0.25) is 5.16 Å². The Bertz CT molecular complexity index is 860. The van der Waals surface area contributed by atoms with Gasteiger partial charge in [-0.15, -0.1) is 0 Å². The van der Waals surface area contributed by atoms with Crippen LogP contribution in [-0.2, 0) is 5.75 Å². The van der Waals surface area contributed by atoms with Crippen LogP contribution >= 0.6 is 23.4 Å². The standard InChI is InChI=1S/C15H12ClF2N3O2S/c1-22-13-9(16)6-7-19-11(13)8-24-15-20-10-4-2-3-5-12(10)21(15)23-14(17)18/h2-7,14H,8H2,1H3. The molecule has 0 fully saturated rings. The molecule has 0 N–H and O–H groups in total. The van der Waals surface area contributed by atoms with Gasteiger partial charge in [0, 0.05) is 11.9 Å². The largest absolute Gasteiger partial charge is 0.493 e. The Balaban J connectivity index is 1.91. The van der Waals surface area contributed by atoms with Crippen molar-refractivity contribution in [1.82, 2.24) is 14.7 Å². The Morgan fingerprint density at radius 3 is 2.83 bits per heavy atom. The van der Waals surface area contributed by atoms with E-state index in [0.29, 0.717) is 38.4 Å². The normalized spacial score (nSPS) is 11.2. The minimum absolute atomic E-state index is 0.292. The van der Waals surface area contributed by atoms with Crippen molar-refractivity contribution < 1.29 is 18.4 Å². The lowest BCUT2D eigenvalue weighted by molar-refractivity contribution is -0.135. The van der Waals surface area contributed by atoms with Crippen LogP contribution in [0.3, 0.4) is 0 Å². The number of para-hydroxylation sites is 2. The molecule has 0 saturated carbocycles. The molecule has 0 unspecified atom stereocenters. The molecule has 0 aliphatic rings. The fraction of sp³-hybridized carbons (Fsp3) is 0.200. The van der Waals surface area contributed by atoms with Crippen molar-refractivity contribution in [3.05, 3.63) is 47.2 Å². The second kappa shape index (κ2) is 7.23. The van der Waals surface area contributed by atoms with E-state index in [1.54, 1.807) is 36.5 Å². The molecule has 0 bridgehead atoms. The lowest BCUT2D eigenvalue weighted by Gasteiger charge is -2.10. The number of fused-ring (bicyclic) bond motifs is 1. The van der Waals surface area contributed by atoms with Crippen LogP contribution in [-0.4, -0.2) is 28.4 Å². The number of imidazole rings is 1. The van der Waals surface area contributed by atoms with Crippen LogP contribution in [0.15, 0.2) is 41.7 Å². The molecule has 0 amide bonds. The average Bonchev–Trinajstić information content (AvgIpc) is 2.90. The van der Waals surface area contributed by atoms with Crippen molar-refractivity contribution in [3.8, 4) is 5.75 Å². The van der Waals surface area contributed by atoms with Crippen LogP contribution in [0.25, 0.3) is 11.0 Å². The number of nitrogens with zero attached hydrogens (tertiary/aromatic N) is 3. The number of methoxy groups -OCH3 is 1. The molecule has 5 nitrogen and oxygen atoms in total. The highest BCUT2D eigenvalue weighted by atomic mass is 35.5. The third-order valence-electron chi connectivity index (χ3n) is 3.15. The number of aromatic nitrogens is 3. The molecule has 0 saturated heterocycles. The van der Waals surface area contributed by atoms with Crippen LogP contribution in [0.5, 0.6) is 5.75 Å². The monoisotopic (exact) mass is 371 g/mol. The number of alkyl halides is 2. The topological polar surface area (TPSA) is 49.2 Å². The minimum atomic E-state index is -2.96. The lowest BCUT2D eigenvalue weighted by Crippen LogP contribution is -2.17. The molecule has 2 heterocycles. The maximum absolute atomic E-state index is 12.7. The third-order valence-corrected chi connectivity index (χ3v) is 4.38. The van der Waals surface area contributed by atoms with Gasteiger partial charge >= 0.3 is 6.61 Å². The summed E-state index contributed by atoms with van der Waals surface area (Å²) in [6.07, 6.45) is 1.55. The predicted octanol–water partition coefficient (Wildman–Crippen LogP) is 4.04. The highest BCUT2D eigenvalue weighted by molar-refractivity contribution is 7.98. The van der Waals surface area contributed by atoms with Gasteiger partial charge in [0.15, 0.2) is 5.75 Å². The van der Waals surface area contributed by atoms with E-state index in [4.69, 9.17) is 16.3 Å². The van der Waals surface area contributed by atoms with E-state index in [-0.39, 0.29) is 0 Å². The molecule has 24 heavy (non-hydrogen) atoms. The van der Waals surface area contributed by atoms with E-state index in [9.17, 15) is 8.78 Å². The van der Waals surface area contributed by atoms with Gasteiger partial charge in [0.25, 0.3) is 0 Å². The molecule has 0 aliphatic heterocycles. The van der Waals surface area contributed by atoms with Gasteiger partial charge in [0.1, 0.15) is 5.52 Å². The molecule has 0 spiro atoms. The first-order valence-electron chi connectivity index (χ1n) is 6.83. The second-order valence-corrected chi connectivity index (χ2v) is 5.95. The molecule has 9 heteroatoms. The van der Waals surface area contributed by atoms with Crippen molar-refractivity contribution in [2.45, 2.75) is 17.5 Å². The van der Waals surface area contributed by atoms with Crippen LogP contribution in [0.4, 0.5) is 8.78 Å². The highest BCUT2D eigenvalue weighted by Gasteiger charge is 2.17. The van der Waals surface area contributed by atoms with Crippen molar-refractivity contribution >= 4 is 34.4 Å². The summed E-state index contributed by atoms with van der Waals surface area (Å²) in [5.41, 5.74) is 1.61. The fourth-order valence-corrected chi connectivity index (χ4v) is 3.31. The average molecular weight is 372 g/mol. The quantitative estimate of drug-likeness (QED) is 0.612. The van der Waals surface area contributed by atoms with Gasteiger partial charge in [-0.1, -0.05) is 35.5 Å². The number of hydrogen-bond donors (Lipinski definition) is 0. The van der Waals surface area contributed by atoms with E-state index in [1.165, 1.54) is 18.9 Å². The van der Waals surface area contributed by atoms with Crippen molar-refractivity contribution in [3.63, 3.8) is 0 Å². The van der Waals surface area contributed by atoms with E-state index in [0.717, 1.165) is 4.73 Å². The zero-order valence-electron chi connectivity index (χ0n) is 12.4. The number of hydrogen-bond acceptors (Lipinski definition) is 5. The highest BCUT2D eigenvalue weighted by Crippen LogP contribution is 2.32. The zero-order valence-corrected chi connectivity index (χ0v) is 14.0. The van der Waals surface area contributed by atoms with E-state index < -0.39 is 6.61 Å². The van der Waals surface area contributed by atoms with Gasteiger partial charge < -0.3 is 9.57 Å². The number of ether oxygens (including phenoxy) is 1. The molecule has 0 aliphatic carbocycles. The third kappa shape index (κ3) is 3.39. The lowest BCUT2D eigenvalue weighted by atomic mass is 10.3. The molecule has 0 radical (unpaired) electrons. The first-order chi connectivity index (χ1) is 11.6. The molecular formula is C15H12ClF2N3O2S. The summed E-state index contributed by atoms with van der Waals surface area (Å²) >= 11 is 7.26. The number of rotatable bonds is 6. The number of benzene rings is 1. The Morgan fingerprint density at radius 1 is 1.29 bits per heavy atom. The first kappa shape index (κ1) is 16.8. The van der Waals surface area contributed by atoms with Crippen molar-refractivity contribution in [1.29, 1.82) is 0 Å². The molecular weight excluding hydrogens is 360 g/mol. The summed E-state index contributed by atoms with van der Waals surface area (Å²) in [4.78, 5) is 13.1. The number of thioether (sulfide) groups is 1. The molecule has 1 aromatic carbocycles. The van der Waals surface area contributed by atoms with E-state index in [2.05, 4.69) is 14.8 Å². The summed E-state index contributed by atoms with van der Waals surface area (Å²) in [5.74, 6) is 0.781. The Labute approximate surface area is 145 Å². The Hall–Kier alpha value is -2.06. The van der Waals surface area contributed by atoms with E-state index in [1.807, 2.05) is 0 Å². The van der Waals surface area contributed by atoms with Crippen molar-refractivity contribution in [2.75, 3.05) is 7.11 Å². The Kier molecular flexibility index (Phi) is 5.06. The SMILES string of the molecule is COc1c(Cl)ccnc1CSc1nc2ccccc2n1OC(F)F. The summed E-state index contributed by atoms with van der Waals surface area (Å²) in [7, 11) is 1.49. The van der Waals surface area contributed by atoms with Crippen LogP contribution < -0.4 is 9.57 Å². The maximum atomic E-state index is 12.7. The molecule has 2 aromatic heterocycles. The molecule has 126 valence electrons. The zero-order chi connectivity index (χ0) is 17.1.